The third-order valence-corrected chi connectivity index (χ3v) is 7.30. The lowest BCUT2D eigenvalue weighted by molar-refractivity contribution is 0.0989. The molecule has 0 bridgehead atoms. The Kier molecular flexibility index (Phi) is 8.91. The molecule has 0 spiro atoms. The summed E-state index contributed by atoms with van der Waals surface area (Å²) in [6.45, 7) is 8.10. The first-order valence-corrected chi connectivity index (χ1v) is 14.0. The molecule has 0 atom stereocenters. The van der Waals surface area contributed by atoms with E-state index in [0.29, 0.717) is 41.2 Å². The molecule has 2 aromatic heterocycles. The zero-order chi connectivity index (χ0) is 30.7. The van der Waals surface area contributed by atoms with Gasteiger partial charge < -0.3 is 14.6 Å². The highest BCUT2D eigenvalue weighted by Crippen LogP contribution is 2.32. The van der Waals surface area contributed by atoms with Crippen molar-refractivity contribution < 1.29 is 19.0 Å². The van der Waals surface area contributed by atoms with Gasteiger partial charge in [0.2, 0.25) is 0 Å². The van der Waals surface area contributed by atoms with Crippen LogP contribution in [0.15, 0.2) is 83.0 Å². The SMILES string of the molecule is C=C(C)c1cn(-c2cccc(OCCO)c2Cl)c(=O)c2cc(F)c(-n3nc(COCc4ccccc4)n(CC)c3=O)cc12. The molecule has 0 aliphatic heterocycles. The number of allylic oxidation sites excluding steroid dienone is 1. The predicted octanol–water partition coefficient (Wildman–Crippen LogP) is 5.27. The Morgan fingerprint density at radius 2 is 1.81 bits per heavy atom. The van der Waals surface area contributed by atoms with E-state index < -0.39 is 17.1 Å². The summed E-state index contributed by atoms with van der Waals surface area (Å²) in [5, 5.41) is 14.1. The highest BCUT2D eigenvalue weighted by Gasteiger charge is 2.21. The first-order chi connectivity index (χ1) is 20.7. The molecule has 0 aliphatic carbocycles. The van der Waals surface area contributed by atoms with Crippen molar-refractivity contribution in [1.82, 2.24) is 18.9 Å². The fraction of sp³-hybridized carbons (Fsp3) is 0.219. The Morgan fingerprint density at radius 3 is 2.51 bits per heavy atom. The van der Waals surface area contributed by atoms with Gasteiger partial charge in [-0.25, -0.2) is 9.18 Å². The number of hydrogen-bond acceptors (Lipinski definition) is 6. The van der Waals surface area contributed by atoms with Crippen LogP contribution in [-0.4, -0.2) is 37.2 Å². The number of fused-ring (bicyclic) bond motifs is 1. The van der Waals surface area contributed by atoms with E-state index >= 15 is 4.39 Å². The lowest BCUT2D eigenvalue weighted by atomic mass is 10.0. The van der Waals surface area contributed by atoms with Crippen LogP contribution in [0.4, 0.5) is 4.39 Å². The van der Waals surface area contributed by atoms with E-state index in [-0.39, 0.29) is 41.7 Å². The molecule has 2 heterocycles. The maximum Gasteiger partial charge on any atom is 0.350 e. The molecule has 9 nitrogen and oxygen atoms in total. The van der Waals surface area contributed by atoms with Gasteiger partial charge in [0, 0.05) is 18.3 Å². The van der Waals surface area contributed by atoms with E-state index in [2.05, 4.69) is 11.7 Å². The minimum absolute atomic E-state index is 0.0226. The topological polar surface area (TPSA) is 101 Å². The maximum absolute atomic E-state index is 15.8. The molecular formula is C32H30ClFN4O5. The average Bonchev–Trinajstić information content (AvgIpc) is 3.31. The highest BCUT2D eigenvalue weighted by molar-refractivity contribution is 6.33. The number of hydrogen-bond donors (Lipinski definition) is 1. The fourth-order valence-electron chi connectivity index (χ4n) is 4.84. The van der Waals surface area contributed by atoms with Crippen LogP contribution in [0.25, 0.3) is 27.7 Å². The fourth-order valence-corrected chi connectivity index (χ4v) is 5.11. The number of rotatable bonds is 11. The third-order valence-electron chi connectivity index (χ3n) is 6.92. The molecule has 3 aromatic carbocycles. The number of halogens is 2. The minimum atomic E-state index is -0.805. The second-order valence-electron chi connectivity index (χ2n) is 9.84. The van der Waals surface area contributed by atoms with Gasteiger partial charge in [-0.1, -0.05) is 54.6 Å². The van der Waals surface area contributed by atoms with Gasteiger partial charge >= 0.3 is 5.69 Å². The van der Waals surface area contributed by atoms with Crippen LogP contribution in [0.5, 0.6) is 5.75 Å². The number of aromatic nitrogens is 4. The van der Waals surface area contributed by atoms with Crippen molar-refractivity contribution in [3.63, 3.8) is 0 Å². The highest BCUT2D eigenvalue weighted by atomic mass is 35.5. The molecule has 0 amide bonds. The number of ether oxygens (including phenoxy) is 2. The standard InChI is InChI=1S/C32H30ClFN4O5/c1-4-36-29(19-42-18-21-9-6-5-7-10-21)35-38(32(36)41)27-16-22-23(15-25(27)34)31(40)37(17-24(22)20(2)3)26-11-8-12-28(30(26)33)43-14-13-39/h5-12,15-17,39H,2,4,13-14,18-19H2,1,3H3. The van der Waals surface area contributed by atoms with Gasteiger partial charge in [0.25, 0.3) is 5.56 Å². The van der Waals surface area contributed by atoms with Gasteiger partial charge in [0.15, 0.2) is 5.82 Å². The van der Waals surface area contributed by atoms with E-state index in [1.54, 1.807) is 38.2 Å². The Labute approximate surface area is 251 Å². The van der Waals surface area contributed by atoms with Crippen LogP contribution in [0.1, 0.15) is 30.8 Å². The number of benzene rings is 3. The largest absolute Gasteiger partial charge is 0.490 e. The molecule has 0 radical (unpaired) electrons. The Bertz CT molecular complexity index is 1930. The number of aliphatic hydroxyl groups is 1. The average molecular weight is 605 g/mol. The Morgan fingerprint density at radius 1 is 1.05 bits per heavy atom. The van der Waals surface area contributed by atoms with Gasteiger partial charge in [-0.05, 0) is 54.6 Å². The zero-order valence-electron chi connectivity index (χ0n) is 23.7. The Hall–Kier alpha value is -4.51. The first-order valence-electron chi connectivity index (χ1n) is 13.6. The summed E-state index contributed by atoms with van der Waals surface area (Å²) in [6, 6.07) is 17.0. The van der Waals surface area contributed by atoms with E-state index in [1.807, 2.05) is 30.3 Å². The van der Waals surface area contributed by atoms with Crippen LogP contribution in [0, 0.1) is 5.82 Å². The summed E-state index contributed by atoms with van der Waals surface area (Å²) in [6.07, 6.45) is 1.57. The van der Waals surface area contributed by atoms with E-state index in [0.717, 1.165) is 16.3 Å². The number of nitrogens with zero attached hydrogens (tertiary/aromatic N) is 4. The minimum Gasteiger partial charge on any atom is -0.490 e. The number of aliphatic hydroxyl groups excluding tert-OH is 1. The van der Waals surface area contributed by atoms with E-state index in [9.17, 15) is 9.59 Å². The van der Waals surface area contributed by atoms with Gasteiger partial charge in [-0.2, -0.15) is 4.68 Å². The summed E-state index contributed by atoms with van der Waals surface area (Å²) in [5.74, 6) is -0.176. The molecule has 222 valence electrons. The monoisotopic (exact) mass is 604 g/mol. The van der Waals surface area contributed by atoms with Crippen molar-refractivity contribution in [1.29, 1.82) is 0 Å². The van der Waals surface area contributed by atoms with E-state index in [4.69, 9.17) is 26.2 Å². The molecule has 1 N–H and O–H groups in total. The second kappa shape index (κ2) is 12.8. The number of pyridine rings is 1. The molecule has 0 saturated carbocycles. The molecule has 0 saturated heterocycles. The summed E-state index contributed by atoms with van der Waals surface area (Å²) in [4.78, 5) is 27.0. The quantitative estimate of drug-likeness (QED) is 0.220. The Balaban J connectivity index is 1.60. The summed E-state index contributed by atoms with van der Waals surface area (Å²) >= 11 is 6.57. The first kappa shape index (κ1) is 30.0. The lowest BCUT2D eigenvalue weighted by Crippen LogP contribution is -2.25. The van der Waals surface area contributed by atoms with Crippen LogP contribution >= 0.6 is 11.6 Å². The van der Waals surface area contributed by atoms with Crippen LogP contribution < -0.4 is 16.0 Å². The lowest BCUT2D eigenvalue weighted by Gasteiger charge is -2.16. The molecule has 0 fully saturated rings. The molecular weight excluding hydrogens is 575 g/mol. The van der Waals surface area contributed by atoms with Gasteiger partial charge in [-0.15, -0.1) is 5.10 Å². The predicted molar refractivity (Wildman–Crippen MR) is 164 cm³/mol. The summed E-state index contributed by atoms with van der Waals surface area (Å²) < 4.78 is 30.8. The maximum atomic E-state index is 15.8. The van der Waals surface area contributed by atoms with Crippen molar-refractivity contribution in [3.8, 4) is 17.1 Å². The van der Waals surface area contributed by atoms with E-state index in [1.165, 1.54) is 15.2 Å². The molecule has 0 unspecified atom stereocenters. The molecule has 5 rings (SSSR count). The zero-order valence-corrected chi connectivity index (χ0v) is 24.5. The normalized spacial score (nSPS) is 11.3. The smallest absolute Gasteiger partial charge is 0.350 e. The third kappa shape index (κ3) is 5.90. The molecule has 43 heavy (non-hydrogen) atoms. The van der Waals surface area contributed by atoms with Crippen LogP contribution in [-0.2, 0) is 24.5 Å². The molecule has 11 heteroatoms. The van der Waals surface area contributed by atoms with Gasteiger partial charge in [0.05, 0.1) is 24.3 Å². The van der Waals surface area contributed by atoms with Crippen LogP contribution in [0.2, 0.25) is 5.02 Å². The van der Waals surface area contributed by atoms with Crippen molar-refractivity contribution >= 4 is 27.9 Å². The van der Waals surface area contributed by atoms with Crippen molar-refractivity contribution in [2.45, 2.75) is 33.6 Å². The molecule has 0 aliphatic rings. The molecule has 5 aromatic rings. The van der Waals surface area contributed by atoms with Crippen molar-refractivity contribution in [2.75, 3.05) is 13.2 Å². The van der Waals surface area contributed by atoms with Gasteiger partial charge in [-0.3, -0.25) is 13.9 Å². The second-order valence-corrected chi connectivity index (χ2v) is 10.2. The van der Waals surface area contributed by atoms with Crippen LogP contribution in [0.3, 0.4) is 0 Å². The van der Waals surface area contributed by atoms with Gasteiger partial charge in [0.1, 0.15) is 35.5 Å². The van der Waals surface area contributed by atoms with Crippen molar-refractivity contribution in [2.24, 2.45) is 0 Å². The summed E-state index contributed by atoms with van der Waals surface area (Å²) in [5.41, 5.74) is 1.25. The van der Waals surface area contributed by atoms with Crippen molar-refractivity contribution in [3.05, 3.63) is 122 Å². The summed E-state index contributed by atoms with van der Waals surface area (Å²) in [7, 11) is 0.